The number of aldehydes is 1. The predicted molar refractivity (Wildman–Crippen MR) is 107 cm³/mol. The molecule has 0 aliphatic heterocycles. The minimum atomic E-state index is -0.955. The molecule has 0 aromatic carbocycles. The third-order valence-corrected chi connectivity index (χ3v) is 4.08. The summed E-state index contributed by atoms with van der Waals surface area (Å²) in [6, 6.07) is 0. The second-order valence-electron chi connectivity index (χ2n) is 7.62. The molecule has 0 spiro atoms. The molecule has 0 fully saturated rings. The Bertz CT molecular complexity index is 643. The quantitative estimate of drug-likeness (QED) is 0.159. The normalized spacial score (nSPS) is 12.4. The SMILES string of the molecule is CC=C(C)C(=O)OC(=O)COC(=O)NCC(C)(C)CC(C)CCNC(=O)OCC=O. The van der Waals surface area contributed by atoms with E-state index in [0.29, 0.717) is 25.8 Å². The largest absolute Gasteiger partial charge is 0.442 e. The summed E-state index contributed by atoms with van der Waals surface area (Å²) in [6.45, 7) is 8.82. The Balaban J connectivity index is 4.14. The van der Waals surface area contributed by atoms with Crippen LogP contribution in [-0.4, -0.2) is 56.7 Å². The van der Waals surface area contributed by atoms with E-state index in [9.17, 15) is 24.0 Å². The van der Waals surface area contributed by atoms with Gasteiger partial charge in [0.1, 0.15) is 6.61 Å². The lowest BCUT2D eigenvalue weighted by Gasteiger charge is -2.28. The summed E-state index contributed by atoms with van der Waals surface area (Å²) in [7, 11) is 0. The van der Waals surface area contributed by atoms with Gasteiger partial charge in [-0.2, -0.15) is 0 Å². The van der Waals surface area contributed by atoms with Crippen LogP contribution in [0.3, 0.4) is 0 Å². The summed E-state index contributed by atoms with van der Waals surface area (Å²) >= 11 is 0. The number of carbonyl (C=O) groups is 5. The van der Waals surface area contributed by atoms with Crippen LogP contribution in [0, 0.1) is 11.3 Å². The van der Waals surface area contributed by atoms with Crippen LogP contribution in [0.2, 0.25) is 0 Å². The van der Waals surface area contributed by atoms with Crippen LogP contribution in [0.15, 0.2) is 11.6 Å². The zero-order valence-electron chi connectivity index (χ0n) is 18.2. The topological polar surface area (TPSA) is 137 Å². The van der Waals surface area contributed by atoms with Crippen molar-refractivity contribution < 1.29 is 38.2 Å². The summed E-state index contributed by atoms with van der Waals surface area (Å²) in [5.74, 6) is -1.50. The van der Waals surface area contributed by atoms with Crippen molar-refractivity contribution in [2.45, 2.75) is 47.5 Å². The molecule has 170 valence electrons. The fourth-order valence-corrected chi connectivity index (χ4v) is 2.52. The van der Waals surface area contributed by atoms with Crippen LogP contribution in [0.25, 0.3) is 0 Å². The van der Waals surface area contributed by atoms with E-state index < -0.39 is 30.7 Å². The van der Waals surface area contributed by atoms with Gasteiger partial charge in [-0.1, -0.05) is 26.8 Å². The van der Waals surface area contributed by atoms with Gasteiger partial charge in [0.2, 0.25) is 0 Å². The average molecular weight is 428 g/mol. The van der Waals surface area contributed by atoms with Gasteiger partial charge in [-0.25, -0.2) is 19.2 Å². The van der Waals surface area contributed by atoms with Gasteiger partial charge < -0.3 is 24.8 Å². The first-order valence-electron chi connectivity index (χ1n) is 9.63. The number of esters is 2. The van der Waals surface area contributed by atoms with Gasteiger partial charge in [0, 0.05) is 18.7 Å². The van der Waals surface area contributed by atoms with Gasteiger partial charge in [-0.3, -0.25) is 4.79 Å². The van der Waals surface area contributed by atoms with E-state index in [1.54, 1.807) is 6.92 Å². The summed E-state index contributed by atoms with van der Waals surface area (Å²) < 4.78 is 13.9. The van der Waals surface area contributed by atoms with Gasteiger partial charge in [-0.15, -0.1) is 0 Å². The lowest BCUT2D eigenvalue weighted by atomic mass is 9.82. The second kappa shape index (κ2) is 14.1. The molecular weight excluding hydrogens is 396 g/mol. The zero-order chi connectivity index (χ0) is 23.2. The summed E-state index contributed by atoms with van der Waals surface area (Å²) in [4.78, 5) is 56.1. The van der Waals surface area contributed by atoms with Crippen molar-refractivity contribution in [1.29, 1.82) is 0 Å². The molecule has 0 saturated carbocycles. The van der Waals surface area contributed by atoms with E-state index in [2.05, 4.69) is 20.1 Å². The van der Waals surface area contributed by atoms with Crippen molar-refractivity contribution >= 4 is 30.4 Å². The average Bonchev–Trinajstić information content (AvgIpc) is 2.68. The number of ether oxygens (including phenoxy) is 3. The fraction of sp³-hybridized carbons (Fsp3) is 0.650. The van der Waals surface area contributed by atoms with Crippen molar-refractivity contribution in [1.82, 2.24) is 10.6 Å². The van der Waals surface area contributed by atoms with Gasteiger partial charge in [-0.05, 0) is 38.0 Å². The van der Waals surface area contributed by atoms with Crippen LogP contribution in [0.5, 0.6) is 0 Å². The highest BCUT2D eigenvalue weighted by molar-refractivity contribution is 5.96. The van der Waals surface area contributed by atoms with Crippen molar-refractivity contribution in [2.75, 3.05) is 26.3 Å². The Morgan fingerprint density at radius 1 is 1.07 bits per heavy atom. The lowest BCUT2D eigenvalue weighted by Crippen LogP contribution is -2.36. The monoisotopic (exact) mass is 428 g/mol. The molecule has 0 heterocycles. The van der Waals surface area contributed by atoms with Gasteiger partial charge in [0.05, 0.1) is 0 Å². The number of hydrogen-bond acceptors (Lipinski definition) is 8. The molecular formula is C20H32N2O8. The summed E-state index contributed by atoms with van der Waals surface area (Å²) in [5.41, 5.74) is 0.00686. The molecule has 0 rings (SSSR count). The molecule has 2 amide bonds. The van der Waals surface area contributed by atoms with Gasteiger partial charge >= 0.3 is 24.1 Å². The lowest BCUT2D eigenvalue weighted by molar-refractivity contribution is -0.159. The molecule has 10 nitrogen and oxygen atoms in total. The molecule has 0 radical (unpaired) electrons. The van der Waals surface area contributed by atoms with Crippen molar-refractivity contribution in [3.05, 3.63) is 11.6 Å². The number of amides is 2. The first-order valence-corrected chi connectivity index (χ1v) is 9.63. The maximum atomic E-state index is 11.8. The Hall–Kier alpha value is -2.91. The number of rotatable bonds is 12. The van der Waals surface area contributed by atoms with Crippen LogP contribution < -0.4 is 10.6 Å². The van der Waals surface area contributed by atoms with E-state index >= 15 is 0 Å². The molecule has 0 bridgehead atoms. The zero-order valence-corrected chi connectivity index (χ0v) is 18.2. The van der Waals surface area contributed by atoms with E-state index in [4.69, 9.17) is 4.74 Å². The van der Waals surface area contributed by atoms with Crippen molar-refractivity contribution in [2.24, 2.45) is 11.3 Å². The predicted octanol–water partition coefficient (Wildman–Crippen LogP) is 2.12. The maximum absolute atomic E-state index is 11.8. The maximum Gasteiger partial charge on any atom is 0.407 e. The van der Waals surface area contributed by atoms with Gasteiger partial charge in [0.25, 0.3) is 0 Å². The summed E-state index contributed by atoms with van der Waals surface area (Å²) in [6.07, 6.45) is 2.01. The van der Waals surface area contributed by atoms with Crippen LogP contribution in [0.1, 0.15) is 47.5 Å². The van der Waals surface area contributed by atoms with Crippen LogP contribution in [0.4, 0.5) is 9.59 Å². The summed E-state index contributed by atoms with van der Waals surface area (Å²) in [5, 5.41) is 5.14. The Morgan fingerprint density at radius 2 is 1.70 bits per heavy atom. The minimum absolute atomic E-state index is 0.236. The van der Waals surface area contributed by atoms with E-state index in [1.807, 2.05) is 20.8 Å². The highest BCUT2D eigenvalue weighted by Gasteiger charge is 2.23. The Kier molecular flexibility index (Phi) is 12.8. The number of nitrogens with one attached hydrogen (secondary N) is 2. The number of hydrogen-bond donors (Lipinski definition) is 2. The molecule has 30 heavy (non-hydrogen) atoms. The second-order valence-corrected chi connectivity index (χ2v) is 7.62. The van der Waals surface area contributed by atoms with Gasteiger partial charge in [0.15, 0.2) is 12.9 Å². The first-order chi connectivity index (χ1) is 14.0. The molecule has 0 saturated heterocycles. The molecule has 0 aromatic rings. The number of alkyl carbamates (subject to hydrolysis) is 2. The number of carbonyl (C=O) groups excluding carboxylic acids is 5. The highest BCUT2D eigenvalue weighted by Crippen LogP contribution is 2.26. The minimum Gasteiger partial charge on any atom is -0.442 e. The molecule has 0 aliphatic carbocycles. The highest BCUT2D eigenvalue weighted by atomic mass is 16.6. The smallest absolute Gasteiger partial charge is 0.407 e. The molecule has 0 aliphatic rings. The molecule has 1 atom stereocenters. The third kappa shape index (κ3) is 13.3. The van der Waals surface area contributed by atoms with E-state index in [0.717, 1.165) is 6.42 Å². The van der Waals surface area contributed by atoms with Crippen LogP contribution in [-0.2, 0) is 28.6 Å². The number of allylic oxidation sites excluding steroid dienone is 1. The first kappa shape index (κ1) is 27.1. The Labute approximate surface area is 176 Å². The molecule has 10 heteroatoms. The van der Waals surface area contributed by atoms with Crippen LogP contribution >= 0.6 is 0 Å². The Morgan fingerprint density at radius 3 is 2.30 bits per heavy atom. The van der Waals surface area contributed by atoms with Crippen molar-refractivity contribution in [3.8, 4) is 0 Å². The molecule has 1 unspecified atom stereocenters. The van der Waals surface area contributed by atoms with E-state index in [-0.39, 0.29) is 23.5 Å². The molecule has 2 N–H and O–H groups in total. The van der Waals surface area contributed by atoms with Crippen molar-refractivity contribution in [3.63, 3.8) is 0 Å². The molecule has 0 aromatic heterocycles. The fourth-order valence-electron chi connectivity index (χ4n) is 2.52. The standard InChI is InChI=1S/C20H32N2O8/c1-6-15(3)17(25)30-16(24)12-29-19(27)22-13-20(4,5)11-14(2)7-8-21-18(26)28-10-9-23/h6,9,14H,7-8,10-13H2,1-5H3,(H,21,26)(H,22,27). The third-order valence-electron chi connectivity index (χ3n) is 4.08. The van der Waals surface area contributed by atoms with E-state index in [1.165, 1.54) is 13.0 Å².